The van der Waals surface area contributed by atoms with Gasteiger partial charge in [0.2, 0.25) is 0 Å². The molecule has 7 atom stereocenters. The van der Waals surface area contributed by atoms with Crippen LogP contribution in [0.15, 0.2) is 0 Å². The van der Waals surface area contributed by atoms with E-state index in [0.717, 1.165) is 121 Å². The molecule has 0 radical (unpaired) electrons. The van der Waals surface area contributed by atoms with Crippen LogP contribution in [-0.2, 0) is 65.4 Å². The Labute approximate surface area is 460 Å². The molecule has 0 saturated carbocycles. The number of phosphoric acid groups is 2. The summed E-state index contributed by atoms with van der Waals surface area (Å²) < 4.78 is 67.5. The Kier molecular flexibility index (Phi) is 48.8. The smallest absolute Gasteiger partial charge is 0.462 e. The van der Waals surface area contributed by atoms with Crippen LogP contribution in [0.25, 0.3) is 0 Å². The number of aliphatic hydroxyl groups is 1. The predicted molar refractivity (Wildman–Crippen MR) is 298 cm³/mol. The molecule has 0 heterocycles. The van der Waals surface area contributed by atoms with E-state index in [1.54, 1.807) is 0 Å². The van der Waals surface area contributed by atoms with Crippen LogP contribution in [0.1, 0.15) is 273 Å². The molecular formula is C57H110O17P2. The highest BCUT2D eigenvalue weighted by Gasteiger charge is 2.30. The number of aliphatic hydroxyl groups excluding tert-OH is 1. The minimum Gasteiger partial charge on any atom is -0.462 e. The van der Waals surface area contributed by atoms with Crippen molar-refractivity contribution in [1.82, 2.24) is 0 Å². The number of carbonyl (C=O) groups is 4. The summed E-state index contributed by atoms with van der Waals surface area (Å²) in [6, 6.07) is 0. The van der Waals surface area contributed by atoms with Crippen LogP contribution in [0.3, 0.4) is 0 Å². The van der Waals surface area contributed by atoms with Gasteiger partial charge in [-0.2, -0.15) is 0 Å². The van der Waals surface area contributed by atoms with Crippen LogP contribution in [0.5, 0.6) is 0 Å². The van der Waals surface area contributed by atoms with Crippen LogP contribution in [0.4, 0.5) is 0 Å². The summed E-state index contributed by atoms with van der Waals surface area (Å²) >= 11 is 0. The van der Waals surface area contributed by atoms with Crippen molar-refractivity contribution in [2.75, 3.05) is 39.6 Å². The van der Waals surface area contributed by atoms with Crippen molar-refractivity contribution in [1.29, 1.82) is 0 Å². The zero-order chi connectivity index (χ0) is 56.6. The van der Waals surface area contributed by atoms with Gasteiger partial charge in [-0.3, -0.25) is 37.3 Å². The Morgan fingerprint density at radius 3 is 0.934 bits per heavy atom. The molecule has 17 nitrogen and oxygen atoms in total. The van der Waals surface area contributed by atoms with Gasteiger partial charge < -0.3 is 33.8 Å². The first-order chi connectivity index (χ1) is 36.4. The molecule has 3 N–H and O–H groups in total. The number of phosphoric ester groups is 2. The zero-order valence-corrected chi connectivity index (χ0v) is 50.3. The van der Waals surface area contributed by atoms with E-state index in [1.807, 2.05) is 0 Å². The Bertz CT molecular complexity index is 1520. The van der Waals surface area contributed by atoms with Crippen molar-refractivity contribution in [2.24, 2.45) is 11.8 Å². The van der Waals surface area contributed by atoms with Gasteiger partial charge in [0.15, 0.2) is 12.2 Å². The highest BCUT2D eigenvalue weighted by molar-refractivity contribution is 7.47. The van der Waals surface area contributed by atoms with Gasteiger partial charge in [0, 0.05) is 25.7 Å². The minimum atomic E-state index is -4.94. The number of esters is 4. The first-order valence-electron chi connectivity index (χ1n) is 30.1. The van der Waals surface area contributed by atoms with Crippen molar-refractivity contribution in [3.05, 3.63) is 0 Å². The highest BCUT2D eigenvalue weighted by Crippen LogP contribution is 2.45. The zero-order valence-electron chi connectivity index (χ0n) is 48.5. The third kappa shape index (κ3) is 49.1. The summed E-state index contributed by atoms with van der Waals surface area (Å²) in [7, 11) is -9.87. The van der Waals surface area contributed by atoms with Crippen LogP contribution in [0, 0.1) is 11.8 Å². The van der Waals surface area contributed by atoms with Gasteiger partial charge in [-0.1, -0.05) is 221 Å². The van der Waals surface area contributed by atoms with E-state index in [0.29, 0.717) is 25.7 Å². The van der Waals surface area contributed by atoms with Gasteiger partial charge >= 0.3 is 39.5 Å². The third-order valence-corrected chi connectivity index (χ3v) is 15.6. The summed E-state index contributed by atoms with van der Waals surface area (Å²) in [5, 5.41) is 10.5. The van der Waals surface area contributed by atoms with E-state index in [-0.39, 0.29) is 25.7 Å². The number of carbonyl (C=O) groups excluding carboxylic acids is 4. The normalized spacial score (nSPS) is 15.2. The second-order valence-corrected chi connectivity index (χ2v) is 24.1. The molecule has 0 aromatic heterocycles. The standard InChI is InChI=1S/C57H110O17P2/c1-7-11-13-15-17-18-20-29-35-41-56(61)73-52(45-67-54(59)39-33-27-19-16-14-12-8-2)47-71-75(63,64)69-43-51(58)44-70-76(65,66)72-48-53(74-57(62)42-36-30-24-22-26-32-38-50(6)10-4)46-68-55(60)40-34-28-23-21-25-31-37-49(5)9-3/h49-53,58H,7-48H2,1-6H3,(H,63,64)(H,65,66)/t49?,50?,51-,52+,53+/m0/s1. The summed E-state index contributed by atoms with van der Waals surface area (Å²) in [5.74, 6) is -0.702. The van der Waals surface area contributed by atoms with E-state index in [1.165, 1.54) is 70.6 Å². The van der Waals surface area contributed by atoms with E-state index in [2.05, 4.69) is 41.5 Å². The number of ether oxygens (including phenoxy) is 4. The lowest BCUT2D eigenvalue weighted by Crippen LogP contribution is -2.30. The second-order valence-electron chi connectivity index (χ2n) is 21.2. The van der Waals surface area contributed by atoms with Crippen molar-refractivity contribution in [2.45, 2.75) is 291 Å². The molecule has 0 aliphatic rings. The fraction of sp³-hybridized carbons (Fsp3) is 0.930. The van der Waals surface area contributed by atoms with Gasteiger partial charge in [0.05, 0.1) is 26.4 Å². The molecule has 450 valence electrons. The molecule has 4 unspecified atom stereocenters. The molecule has 0 bridgehead atoms. The SMILES string of the molecule is CCCCCCCCCCCC(=O)O[C@H](COC(=O)CCCCCCCCC)COP(=O)(O)OC[C@H](O)COP(=O)(O)OC[C@@H](COC(=O)CCCCCCCCC(C)CC)OC(=O)CCCCCCCCC(C)CC. The molecule has 0 aromatic rings. The number of hydrogen-bond donors (Lipinski definition) is 3. The third-order valence-electron chi connectivity index (χ3n) is 13.7. The Morgan fingerprint density at radius 1 is 0.368 bits per heavy atom. The quantitative estimate of drug-likeness (QED) is 0.0222. The second kappa shape index (κ2) is 50.1. The molecule has 76 heavy (non-hydrogen) atoms. The maximum Gasteiger partial charge on any atom is 0.472 e. The fourth-order valence-electron chi connectivity index (χ4n) is 8.23. The summed E-state index contributed by atoms with van der Waals surface area (Å²) in [5.41, 5.74) is 0. The van der Waals surface area contributed by atoms with Crippen molar-refractivity contribution in [3.8, 4) is 0 Å². The van der Waals surface area contributed by atoms with E-state index in [9.17, 15) is 43.2 Å². The van der Waals surface area contributed by atoms with E-state index < -0.39 is 97.5 Å². The maximum absolute atomic E-state index is 12.9. The molecular weight excluding hydrogens is 1020 g/mol. The molecule has 0 aromatic carbocycles. The summed E-state index contributed by atoms with van der Waals surface area (Å²) in [6.07, 6.45) is 29.5. The van der Waals surface area contributed by atoms with Gasteiger partial charge in [-0.05, 0) is 37.5 Å². The van der Waals surface area contributed by atoms with Crippen LogP contribution in [0.2, 0.25) is 0 Å². The van der Waals surface area contributed by atoms with E-state index >= 15 is 0 Å². The number of unbranched alkanes of at least 4 members (excludes halogenated alkanes) is 24. The topological polar surface area (TPSA) is 237 Å². The molecule has 0 fully saturated rings. The number of hydrogen-bond acceptors (Lipinski definition) is 15. The average Bonchev–Trinajstić information content (AvgIpc) is 3.39. The Morgan fingerprint density at radius 2 is 0.632 bits per heavy atom. The largest absolute Gasteiger partial charge is 0.472 e. The molecule has 0 saturated heterocycles. The molecule has 0 aliphatic heterocycles. The molecule has 0 aliphatic carbocycles. The summed E-state index contributed by atoms with van der Waals surface area (Å²) in [6.45, 7) is 9.29. The molecule has 0 amide bonds. The Balaban J connectivity index is 5.23. The van der Waals surface area contributed by atoms with Crippen LogP contribution in [-0.4, -0.2) is 96.7 Å². The van der Waals surface area contributed by atoms with E-state index in [4.69, 9.17) is 37.0 Å². The van der Waals surface area contributed by atoms with Crippen molar-refractivity contribution in [3.63, 3.8) is 0 Å². The monoisotopic (exact) mass is 1130 g/mol. The minimum absolute atomic E-state index is 0.102. The average molecular weight is 1130 g/mol. The first kappa shape index (κ1) is 74.1. The lowest BCUT2D eigenvalue weighted by Gasteiger charge is -2.21. The van der Waals surface area contributed by atoms with Gasteiger partial charge in [0.25, 0.3) is 0 Å². The molecule has 0 rings (SSSR count). The lowest BCUT2D eigenvalue weighted by atomic mass is 10.00. The maximum atomic E-state index is 12.9. The van der Waals surface area contributed by atoms with Crippen LogP contribution < -0.4 is 0 Å². The van der Waals surface area contributed by atoms with Crippen molar-refractivity contribution < 1.29 is 80.2 Å². The highest BCUT2D eigenvalue weighted by atomic mass is 31.2. The predicted octanol–water partition coefficient (Wildman–Crippen LogP) is 14.9. The fourth-order valence-corrected chi connectivity index (χ4v) is 9.81. The molecule has 19 heteroatoms. The van der Waals surface area contributed by atoms with Gasteiger partial charge in [-0.15, -0.1) is 0 Å². The van der Waals surface area contributed by atoms with Crippen LogP contribution >= 0.6 is 15.6 Å². The molecule has 0 spiro atoms. The lowest BCUT2D eigenvalue weighted by molar-refractivity contribution is -0.161. The Hall–Kier alpha value is -1.94. The first-order valence-corrected chi connectivity index (χ1v) is 33.1. The van der Waals surface area contributed by atoms with Gasteiger partial charge in [0.1, 0.15) is 19.3 Å². The summed E-state index contributed by atoms with van der Waals surface area (Å²) in [4.78, 5) is 71.7. The number of rotatable bonds is 56. The van der Waals surface area contributed by atoms with Crippen molar-refractivity contribution >= 4 is 39.5 Å². The van der Waals surface area contributed by atoms with Gasteiger partial charge in [-0.25, -0.2) is 9.13 Å².